The molecule has 0 aliphatic rings. The van der Waals surface area contributed by atoms with Gasteiger partial charge in [0.25, 0.3) is 6.43 Å². The van der Waals surface area contributed by atoms with Gasteiger partial charge in [-0.2, -0.15) is 0 Å². The van der Waals surface area contributed by atoms with E-state index in [0.717, 1.165) is 0 Å². The van der Waals surface area contributed by atoms with Gasteiger partial charge in [-0.25, -0.2) is 13.8 Å². The molecule has 0 atom stereocenters. The summed E-state index contributed by atoms with van der Waals surface area (Å²) in [7, 11) is 0. The van der Waals surface area contributed by atoms with Crippen LogP contribution in [0.15, 0.2) is 12.1 Å². The quantitative estimate of drug-likeness (QED) is 0.847. The summed E-state index contributed by atoms with van der Waals surface area (Å²) >= 11 is 5.63. The van der Waals surface area contributed by atoms with E-state index in [-0.39, 0.29) is 23.2 Å². The molecule has 0 unspecified atom stereocenters. The van der Waals surface area contributed by atoms with Crippen molar-refractivity contribution >= 4 is 11.6 Å². The van der Waals surface area contributed by atoms with Crippen LogP contribution in [0.4, 0.5) is 8.78 Å². The molecular formula is C8H8ClF2NO2. The molecule has 0 saturated carbocycles. The van der Waals surface area contributed by atoms with Crippen LogP contribution in [0.5, 0.6) is 5.88 Å². The third-order valence-electron chi connectivity index (χ3n) is 1.40. The lowest BCUT2D eigenvalue weighted by Crippen LogP contribution is -2.08. The van der Waals surface area contributed by atoms with Gasteiger partial charge in [0.15, 0.2) is 6.61 Å². The summed E-state index contributed by atoms with van der Waals surface area (Å²) in [5.74, 6) is 0.0266. The summed E-state index contributed by atoms with van der Waals surface area (Å²) in [6, 6.07) is 2.80. The SMILES string of the molecule is OCc1nc(OCC(F)F)ccc1Cl. The first-order chi connectivity index (χ1) is 6.63. The van der Waals surface area contributed by atoms with Gasteiger partial charge in [0, 0.05) is 6.07 Å². The Morgan fingerprint density at radius 2 is 2.21 bits per heavy atom. The lowest BCUT2D eigenvalue weighted by atomic mass is 10.3. The molecule has 0 aliphatic heterocycles. The van der Waals surface area contributed by atoms with Crippen molar-refractivity contribution < 1.29 is 18.6 Å². The van der Waals surface area contributed by atoms with Crippen LogP contribution in [0.1, 0.15) is 5.69 Å². The predicted molar refractivity (Wildman–Crippen MR) is 46.7 cm³/mol. The van der Waals surface area contributed by atoms with Crippen molar-refractivity contribution in [3.05, 3.63) is 22.8 Å². The van der Waals surface area contributed by atoms with Crippen LogP contribution >= 0.6 is 11.6 Å². The van der Waals surface area contributed by atoms with Gasteiger partial charge < -0.3 is 9.84 Å². The fourth-order valence-corrected chi connectivity index (χ4v) is 0.969. The fourth-order valence-electron chi connectivity index (χ4n) is 0.804. The average Bonchev–Trinajstić information content (AvgIpc) is 2.16. The number of nitrogens with zero attached hydrogens (tertiary/aromatic N) is 1. The Balaban J connectivity index is 2.69. The van der Waals surface area contributed by atoms with Crippen molar-refractivity contribution in [2.75, 3.05) is 6.61 Å². The number of pyridine rings is 1. The second kappa shape index (κ2) is 5.07. The maximum Gasteiger partial charge on any atom is 0.272 e. The molecule has 0 aromatic carbocycles. The third kappa shape index (κ3) is 3.08. The zero-order valence-electron chi connectivity index (χ0n) is 7.08. The standard InChI is InChI=1S/C8H8ClF2NO2/c9-5-1-2-8(12-6(5)3-13)14-4-7(10)11/h1-2,7,13H,3-4H2. The summed E-state index contributed by atoms with van der Waals surface area (Å²) in [5.41, 5.74) is 0.207. The molecule has 0 radical (unpaired) electrons. The Hall–Kier alpha value is -0.940. The second-order valence-electron chi connectivity index (χ2n) is 2.44. The number of alkyl halides is 2. The van der Waals surface area contributed by atoms with Crippen LogP contribution in [0.2, 0.25) is 5.02 Å². The molecule has 0 saturated heterocycles. The number of hydrogen-bond donors (Lipinski definition) is 1. The monoisotopic (exact) mass is 223 g/mol. The lowest BCUT2D eigenvalue weighted by Gasteiger charge is -2.06. The topological polar surface area (TPSA) is 42.4 Å². The number of aromatic nitrogens is 1. The molecule has 1 aromatic heterocycles. The molecule has 1 aromatic rings. The van der Waals surface area contributed by atoms with Gasteiger partial charge in [-0.3, -0.25) is 0 Å². The molecule has 1 heterocycles. The maximum atomic E-state index is 11.8. The fraction of sp³-hybridized carbons (Fsp3) is 0.375. The first-order valence-electron chi connectivity index (χ1n) is 3.80. The van der Waals surface area contributed by atoms with Gasteiger partial charge in [0.2, 0.25) is 5.88 Å². The zero-order valence-corrected chi connectivity index (χ0v) is 7.84. The molecule has 6 heteroatoms. The van der Waals surface area contributed by atoms with Crippen LogP contribution in [0, 0.1) is 0 Å². The minimum atomic E-state index is -2.55. The highest BCUT2D eigenvalue weighted by Crippen LogP contribution is 2.18. The van der Waals surface area contributed by atoms with E-state index in [1.165, 1.54) is 12.1 Å². The van der Waals surface area contributed by atoms with Crippen LogP contribution in [0.3, 0.4) is 0 Å². The molecule has 0 spiro atoms. The minimum absolute atomic E-state index is 0.0266. The molecular weight excluding hydrogens is 216 g/mol. The second-order valence-corrected chi connectivity index (χ2v) is 2.85. The minimum Gasteiger partial charge on any atom is -0.472 e. The van der Waals surface area contributed by atoms with Crippen molar-refractivity contribution in [1.82, 2.24) is 4.98 Å². The van der Waals surface area contributed by atoms with E-state index in [4.69, 9.17) is 16.7 Å². The highest BCUT2D eigenvalue weighted by atomic mass is 35.5. The number of rotatable bonds is 4. The zero-order chi connectivity index (χ0) is 10.6. The normalized spacial score (nSPS) is 10.6. The Bertz CT molecular complexity index is 309. The average molecular weight is 224 g/mol. The molecule has 0 amide bonds. The van der Waals surface area contributed by atoms with Crippen LogP contribution in [-0.2, 0) is 6.61 Å². The van der Waals surface area contributed by atoms with Crippen molar-refractivity contribution in [1.29, 1.82) is 0 Å². The molecule has 1 N–H and O–H groups in total. The smallest absolute Gasteiger partial charge is 0.272 e. The van der Waals surface area contributed by atoms with Crippen LogP contribution in [-0.4, -0.2) is 23.1 Å². The number of aliphatic hydroxyl groups excluding tert-OH is 1. The Morgan fingerprint density at radius 1 is 1.50 bits per heavy atom. The molecule has 0 aliphatic carbocycles. The Labute approximate surface area is 84.3 Å². The van der Waals surface area contributed by atoms with Crippen molar-refractivity contribution in [3.63, 3.8) is 0 Å². The highest BCUT2D eigenvalue weighted by molar-refractivity contribution is 6.31. The van der Waals surface area contributed by atoms with E-state index in [0.29, 0.717) is 0 Å². The third-order valence-corrected chi connectivity index (χ3v) is 1.74. The molecule has 78 valence electrons. The first-order valence-corrected chi connectivity index (χ1v) is 4.18. The van der Waals surface area contributed by atoms with E-state index >= 15 is 0 Å². The van der Waals surface area contributed by atoms with Gasteiger partial charge in [-0.15, -0.1) is 0 Å². The number of hydrogen-bond acceptors (Lipinski definition) is 3. The number of halogens is 3. The van der Waals surface area contributed by atoms with Gasteiger partial charge in [0.1, 0.15) is 0 Å². The molecule has 1 rings (SSSR count). The van der Waals surface area contributed by atoms with E-state index in [2.05, 4.69) is 9.72 Å². The summed E-state index contributed by atoms with van der Waals surface area (Å²) in [4.78, 5) is 3.73. The number of aliphatic hydroxyl groups is 1. The van der Waals surface area contributed by atoms with Crippen LogP contribution < -0.4 is 4.74 Å². The van der Waals surface area contributed by atoms with Crippen molar-refractivity contribution in [2.45, 2.75) is 13.0 Å². The highest BCUT2D eigenvalue weighted by Gasteiger charge is 2.06. The first kappa shape index (κ1) is 11.1. The Kier molecular flexibility index (Phi) is 4.03. The molecule has 3 nitrogen and oxygen atoms in total. The summed E-state index contributed by atoms with van der Waals surface area (Å²) < 4.78 is 28.1. The largest absolute Gasteiger partial charge is 0.472 e. The molecule has 0 fully saturated rings. The maximum absolute atomic E-state index is 11.8. The van der Waals surface area contributed by atoms with Crippen LogP contribution in [0.25, 0.3) is 0 Å². The predicted octanol–water partition coefficient (Wildman–Crippen LogP) is 1.87. The van der Waals surface area contributed by atoms with Gasteiger partial charge in [-0.1, -0.05) is 11.6 Å². The van der Waals surface area contributed by atoms with Gasteiger partial charge in [-0.05, 0) is 6.07 Å². The van der Waals surface area contributed by atoms with E-state index in [1.807, 2.05) is 0 Å². The van der Waals surface area contributed by atoms with Crippen molar-refractivity contribution in [2.24, 2.45) is 0 Å². The Morgan fingerprint density at radius 3 is 2.79 bits per heavy atom. The molecule has 0 bridgehead atoms. The summed E-state index contributed by atoms with van der Waals surface area (Å²) in [6.45, 7) is -1.08. The molecule has 14 heavy (non-hydrogen) atoms. The van der Waals surface area contributed by atoms with Gasteiger partial charge in [0.05, 0.1) is 17.3 Å². The number of ether oxygens (including phenoxy) is 1. The van der Waals surface area contributed by atoms with E-state index in [1.54, 1.807) is 0 Å². The summed E-state index contributed by atoms with van der Waals surface area (Å²) in [6.07, 6.45) is -2.55. The van der Waals surface area contributed by atoms with E-state index < -0.39 is 13.0 Å². The van der Waals surface area contributed by atoms with Crippen molar-refractivity contribution in [3.8, 4) is 5.88 Å². The lowest BCUT2D eigenvalue weighted by molar-refractivity contribution is 0.0793. The van der Waals surface area contributed by atoms with E-state index in [9.17, 15) is 8.78 Å². The summed E-state index contributed by atoms with van der Waals surface area (Å²) in [5, 5.41) is 9.04. The van der Waals surface area contributed by atoms with Gasteiger partial charge >= 0.3 is 0 Å².